The Morgan fingerprint density at radius 1 is 1.24 bits per heavy atom. The van der Waals surface area contributed by atoms with Gasteiger partial charge in [0.05, 0.1) is 13.7 Å². The fraction of sp³-hybridized carbons (Fsp3) is 0.929. The first-order chi connectivity index (χ1) is 9.87. The molecule has 0 heterocycles. The van der Waals surface area contributed by atoms with Crippen molar-refractivity contribution in [1.82, 2.24) is 5.32 Å². The highest BCUT2D eigenvalue weighted by Crippen LogP contribution is 2.42. The molecule has 7 heteroatoms. The van der Waals surface area contributed by atoms with E-state index in [-0.39, 0.29) is 31.5 Å². The Kier molecular flexibility index (Phi) is 5.14. The molecule has 0 radical (unpaired) electrons. The van der Waals surface area contributed by atoms with Crippen molar-refractivity contribution in [2.75, 3.05) is 20.3 Å². The molecule has 0 saturated heterocycles. The van der Waals surface area contributed by atoms with Gasteiger partial charge in [-0.05, 0) is 38.0 Å². The molecule has 21 heavy (non-hydrogen) atoms. The maximum absolute atomic E-state index is 12.2. The van der Waals surface area contributed by atoms with Gasteiger partial charge in [0.2, 0.25) is 0 Å². The molecule has 0 spiro atoms. The van der Waals surface area contributed by atoms with E-state index in [0.29, 0.717) is 6.04 Å². The lowest BCUT2D eigenvalue weighted by molar-refractivity contribution is -0.154. The molecule has 2 aliphatic carbocycles. The standard InChI is InChI=1S/C14H22F3NO3/c1-20-12(19)13(10-3-4-10,18-11-5-6-11)9-21-8-2-7-14(15,16)17/h10-11,18H,2-9H2,1H3. The van der Waals surface area contributed by atoms with Crippen molar-refractivity contribution in [2.24, 2.45) is 5.92 Å². The van der Waals surface area contributed by atoms with Crippen molar-refractivity contribution in [3.8, 4) is 0 Å². The van der Waals surface area contributed by atoms with Crippen LogP contribution in [0.4, 0.5) is 13.2 Å². The van der Waals surface area contributed by atoms with Crippen LogP contribution in [0.3, 0.4) is 0 Å². The Bertz CT molecular complexity index is 367. The van der Waals surface area contributed by atoms with Crippen LogP contribution in [0.1, 0.15) is 38.5 Å². The minimum absolute atomic E-state index is 0.00266. The van der Waals surface area contributed by atoms with Crippen LogP contribution in [-0.2, 0) is 14.3 Å². The molecule has 0 aromatic heterocycles. The molecule has 1 atom stereocenters. The molecule has 2 aliphatic rings. The molecule has 2 fully saturated rings. The van der Waals surface area contributed by atoms with Gasteiger partial charge in [-0.25, -0.2) is 4.79 Å². The van der Waals surface area contributed by atoms with E-state index < -0.39 is 18.1 Å². The lowest BCUT2D eigenvalue weighted by Crippen LogP contribution is -2.59. The van der Waals surface area contributed by atoms with Crippen LogP contribution < -0.4 is 5.32 Å². The monoisotopic (exact) mass is 309 g/mol. The van der Waals surface area contributed by atoms with Crippen LogP contribution in [0.5, 0.6) is 0 Å². The van der Waals surface area contributed by atoms with Crippen LogP contribution in [0.15, 0.2) is 0 Å². The van der Waals surface area contributed by atoms with E-state index in [2.05, 4.69) is 5.32 Å². The maximum Gasteiger partial charge on any atom is 0.389 e. The van der Waals surface area contributed by atoms with Crippen LogP contribution in [0.25, 0.3) is 0 Å². The molecule has 2 rings (SSSR count). The molecule has 122 valence electrons. The lowest BCUT2D eigenvalue weighted by Gasteiger charge is -2.32. The zero-order chi connectivity index (χ0) is 15.5. The number of hydrogen-bond acceptors (Lipinski definition) is 4. The van der Waals surface area contributed by atoms with Crippen molar-refractivity contribution in [2.45, 2.75) is 56.3 Å². The lowest BCUT2D eigenvalue weighted by atomic mass is 9.94. The Hall–Kier alpha value is -0.820. The number of esters is 1. The number of ether oxygens (including phenoxy) is 2. The van der Waals surface area contributed by atoms with Gasteiger partial charge in [-0.1, -0.05) is 0 Å². The summed E-state index contributed by atoms with van der Waals surface area (Å²) in [6.07, 6.45) is -1.25. The van der Waals surface area contributed by atoms with Gasteiger partial charge in [0.25, 0.3) is 0 Å². The summed E-state index contributed by atoms with van der Waals surface area (Å²) < 4.78 is 46.5. The first kappa shape index (κ1) is 16.5. The number of nitrogens with one attached hydrogen (secondary N) is 1. The molecule has 4 nitrogen and oxygen atoms in total. The minimum Gasteiger partial charge on any atom is -0.468 e. The molecule has 1 unspecified atom stereocenters. The van der Waals surface area contributed by atoms with Gasteiger partial charge >= 0.3 is 12.1 Å². The van der Waals surface area contributed by atoms with Crippen molar-refractivity contribution in [3.05, 3.63) is 0 Å². The second kappa shape index (κ2) is 6.52. The van der Waals surface area contributed by atoms with Crippen molar-refractivity contribution in [1.29, 1.82) is 0 Å². The smallest absolute Gasteiger partial charge is 0.389 e. The molecular weight excluding hydrogens is 287 g/mol. The topological polar surface area (TPSA) is 47.6 Å². The predicted molar refractivity (Wildman–Crippen MR) is 69.7 cm³/mol. The van der Waals surface area contributed by atoms with Gasteiger partial charge in [0.1, 0.15) is 5.54 Å². The third-order valence-corrected chi connectivity index (χ3v) is 3.94. The van der Waals surface area contributed by atoms with E-state index in [1.165, 1.54) is 7.11 Å². The number of alkyl halides is 3. The van der Waals surface area contributed by atoms with Gasteiger partial charge in [-0.15, -0.1) is 0 Å². The molecular formula is C14H22F3NO3. The van der Waals surface area contributed by atoms with Gasteiger partial charge in [0, 0.05) is 19.1 Å². The molecule has 1 N–H and O–H groups in total. The number of carbonyl (C=O) groups excluding carboxylic acids is 1. The Labute approximate surface area is 122 Å². The van der Waals surface area contributed by atoms with E-state index in [0.717, 1.165) is 25.7 Å². The maximum atomic E-state index is 12.2. The summed E-state index contributed by atoms with van der Waals surface area (Å²) in [5.41, 5.74) is -0.881. The van der Waals surface area contributed by atoms with Gasteiger partial charge in [-0.2, -0.15) is 13.2 Å². The fourth-order valence-electron chi connectivity index (χ4n) is 2.52. The minimum atomic E-state index is -4.16. The van der Waals surface area contributed by atoms with E-state index in [1.54, 1.807) is 0 Å². The normalized spacial score (nSPS) is 21.9. The summed E-state index contributed by atoms with van der Waals surface area (Å²) in [7, 11) is 1.33. The SMILES string of the molecule is COC(=O)C(COCCCC(F)(F)F)(NC1CC1)C1CC1. The van der Waals surface area contributed by atoms with Crippen molar-refractivity contribution >= 4 is 5.97 Å². The average Bonchev–Trinajstić information content (AvgIpc) is 3.25. The van der Waals surface area contributed by atoms with Gasteiger partial charge in [-0.3, -0.25) is 5.32 Å². The highest BCUT2D eigenvalue weighted by Gasteiger charge is 2.54. The number of rotatable bonds is 9. The second-order valence-corrected chi connectivity index (χ2v) is 5.93. The number of halogens is 3. The van der Waals surface area contributed by atoms with Crippen molar-refractivity contribution in [3.63, 3.8) is 0 Å². The summed E-state index contributed by atoms with van der Waals surface area (Å²) >= 11 is 0. The quantitative estimate of drug-likeness (QED) is 0.525. The molecule has 0 aliphatic heterocycles. The summed E-state index contributed by atoms with van der Waals surface area (Å²) in [5.74, 6) is -0.208. The second-order valence-electron chi connectivity index (χ2n) is 5.93. The van der Waals surface area contributed by atoms with Crippen LogP contribution >= 0.6 is 0 Å². The van der Waals surface area contributed by atoms with Gasteiger partial charge < -0.3 is 9.47 Å². The van der Waals surface area contributed by atoms with E-state index in [4.69, 9.17) is 9.47 Å². The molecule has 2 saturated carbocycles. The van der Waals surface area contributed by atoms with E-state index in [9.17, 15) is 18.0 Å². The molecule has 0 amide bonds. The highest BCUT2D eigenvalue weighted by atomic mass is 19.4. The van der Waals surface area contributed by atoms with Gasteiger partial charge in [0.15, 0.2) is 0 Å². The predicted octanol–water partition coefficient (Wildman–Crippen LogP) is 2.42. The Balaban J connectivity index is 1.85. The van der Waals surface area contributed by atoms with Crippen LogP contribution in [0, 0.1) is 5.92 Å². The molecule has 0 bridgehead atoms. The summed E-state index contributed by atoms with van der Waals surface area (Å²) in [4.78, 5) is 12.2. The fourth-order valence-corrected chi connectivity index (χ4v) is 2.52. The zero-order valence-corrected chi connectivity index (χ0v) is 12.2. The highest BCUT2D eigenvalue weighted by molar-refractivity contribution is 5.82. The Morgan fingerprint density at radius 3 is 2.38 bits per heavy atom. The zero-order valence-electron chi connectivity index (χ0n) is 12.2. The molecule has 0 aromatic rings. The van der Waals surface area contributed by atoms with Crippen molar-refractivity contribution < 1.29 is 27.4 Å². The largest absolute Gasteiger partial charge is 0.468 e. The van der Waals surface area contributed by atoms with Crippen LogP contribution in [0.2, 0.25) is 0 Å². The first-order valence-corrected chi connectivity index (χ1v) is 7.38. The first-order valence-electron chi connectivity index (χ1n) is 7.38. The summed E-state index contributed by atoms with van der Waals surface area (Å²) in [6.45, 7) is 0.0794. The van der Waals surface area contributed by atoms with E-state index >= 15 is 0 Å². The number of carbonyl (C=O) groups is 1. The summed E-state index contributed by atoms with van der Waals surface area (Å²) in [5, 5.41) is 3.30. The van der Waals surface area contributed by atoms with Crippen LogP contribution in [-0.4, -0.2) is 44.0 Å². The molecule has 0 aromatic carbocycles. The summed E-state index contributed by atoms with van der Waals surface area (Å²) in [6, 6.07) is 0.295. The average molecular weight is 309 g/mol. The number of hydrogen-bond donors (Lipinski definition) is 1. The third-order valence-electron chi connectivity index (χ3n) is 3.94. The Morgan fingerprint density at radius 2 is 1.90 bits per heavy atom. The number of methoxy groups -OCH3 is 1. The van der Waals surface area contributed by atoms with E-state index in [1.807, 2.05) is 0 Å². The third kappa shape index (κ3) is 4.85.